The highest BCUT2D eigenvalue weighted by atomic mass is 79.9. The molecule has 0 saturated carbocycles. The first-order chi connectivity index (χ1) is 14.7. The maximum absolute atomic E-state index is 13.6. The molecule has 1 fully saturated rings. The minimum absolute atomic E-state index is 0.0183. The van der Waals surface area contributed by atoms with Crippen LogP contribution in [0.25, 0.3) is 0 Å². The number of aryl methyl sites for hydroxylation is 1. The van der Waals surface area contributed by atoms with E-state index in [-0.39, 0.29) is 16.8 Å². The number of benzene rings is 2. The van der Waals surface area contributed by atoms with Crippen LogP contribution in [-0.2, 0) is 21.2 Å². The van der Waals surface area contributed by atoms with E-state index in [1.807, 2.05) is 13.0 Å². The van der Waals surface area contributed by atoms with E-state index >= 15 is 0 Å². The average Bonchev–Trinajstić information content (AvgIpc) is 3.16. The Bertz CT molecular complexity index is 1100. The minimum Gasteiger partial charge on any atom is -0.366 e. The van der Waals surface area contributed by atoms with Crippen LogP contribution in [0.15, 0.2) is 45.8 Å². The fraction of sp³-hybridized carbons (Fsp3) is 0.435. The Labute approximate surface area is 193 Å². The van der Waals surface area contributed by atoms with Gasteiger partial charge in [-0.25, -0.2) is 8.42 Å². The van der Waals surface area contributed by atoms with Gasteiger partial charge in [0.1, 0.15) is 0 Å². The highest BCUT2D eigenvalue weighted by Crippen LogP contribution is 2.37. The number of hydrogen-bond donors (Lipinski definition) is 0. The van der Waals surface area contributed by atoms with Crippen LogP contribution in [-0.4, -0.2) is 50.9 Å². The Morgan fingerprint density at radius 1 is 1.13 bits per heavy atom. The topological polar surface area (TPSA) is 60.9 Å². The van der Waals surface area contributed by atoms with Crippen LogP contribution in [0.2, 0.25) is 0 Å². The van der Waals surface area contributed by atoms with E-state index < -0.39 is 10.0 Å². The van der Waals surface area contributed by atoms with E-state index in [2.05, 4.69) is 58.9 Å². The predicted molar refractivity (Wildman–Crippen MR) is 127 cm³/mol. The number of piperazine rings is 1. The van der Waals surface area contributed by atoms with Gasteiger partial charge in [0.25, 0.3) is 0 Å². The third-order valence-electron chi connectivity index (χ3n) is 6.21. The maximum Gasteiger partial charge on any atom is 0.244 e. The lowest BCUT2D eigenvalue weighted by Crippen LogP contribution is -2.53. The second kappa shape index (κ2) is 8.56. The number of carbonyl (C=O) groups is 1. The highest BCUT2D eigenvalue weighted by molar-refractivity contribution is 9.10. The summed E-state index contributed by atoms with van der Waals surface area (Å²) in [6, 6.07) is 11.9. The highest BCUT2D eigenvalue weighted by Gasteiger charge is 2.35. The second-order valence-corrected chi connectivity index (χ2v) is 11.1. The van der Waals surface area contributed by atoms with Crippen molar-refractivity contribution in [2.24, 2.45) is 0 Å². The third-order valence-corrected chi connectivity index (χ3v) is 9.03. The Hall–Kier alpha value is -1.90. The number of hydrogen-bond acceptors (Lipinski definition) is 4. The Balaban J connectivity index is 1.60. The van der Waals surface area contributed by atoms with Crippen LogP contribution >= 0.6 is 15.9 Å². The summed E-state index contributed by atoms with van der Waals surface area (Å²) in [6.07, 6.45) is 1.14. The predicted octanol–water partition coefficient (Wildman–Crippen LogP) is 3.96. The number of fused-ring (bicyclic) bond motifs is 1. The number of anilines is 2. The quantitative estimate of drug-likeness (QED) is 0.630. The molecule has 2 aliphatic heterocycles. The molecule has 1 saturated heterocycles. The number of sulfonamides is 1. The summed E-state index contributed by atoms with van der Waals surface area (Å²) in [5.41, 5.74) is 4.04. The molecule has 1 amide bonds. The van der Waals surface area contributed by atoms with Gasteiger partial charge in [0.05, 0.1) is 4.90 Å². The Morgan fingerprint density at radius 3 is 2.48 bits per heavy atom. The molecule has 0 unspecified atom stereocenters. The molecule has 4 rings (SSSR count). The van der Waals surface area contributed by atoms with E-state index in [9.17, 15) is 13.2 Å². The van der Waals surface area contributed by atoms with Gasteiger partial charge in [-0.3, -0.25) is 4.79 Å². The normalized spacial score (nSPS) is 19.5. The number of halogens is 1. The molecule has 166 valence electrons. The maximum atomic E-state index is 13.6. The molecule has 0 aliphatic carbocycles. The fourth-order valence-corrected chi connectivity index (χ4v) is 7.02. The van der Waals surface area contributed by atoms with E-state index in [1.54, 1.807) is 15.3 Å². The zero-order valence-corrected chi connectivity index (χ0v) is 20.5. The molecule has 31 heavy (non-hydrogen) atoms. The Kier molecular flexibility index (Phi) is 6.16. The summed E-state index contributed by atoms with van der Waals surface area (Å²) >= 11 is 3.48. The van der Waals surface area contributed by atoms with Gasteiger partial charge in [-0.15, -0.1) is 0 Å². The van der Waals surface area contributed by atoms with Gasteiger partial charge in [0.15, 0.2) is 0 Å². The molecule has 1 atom stereocenters. The number of nitrogens with zero attached hydrogens (tertiary/aromatic N) is 3. The zero-order chi connectivity index (χ0) is 22.3. The van der Waals surface area contributed by atoms with Crippen LogP contribution in [0.5, 0.6) is 0 Å². The molecule has 2 aliphatic rings. The first-order valence-electron chi connectivity index (χ1n) is 10.7. The second-order valence-electron chi connectivity index (χ2n) is 8.30. The molecule has 6 nitrogen and oxygen atoms in total. The molecule has 0 aromatic heterocycles. The summed E-state index contributed by atoms with van der Waals surface area (Å²) in [6.45, 7) is 8.00. The molecule has 2 heterocycles. The molecular formula is C23H28BrN3O3S. The first-order valence-corrected chi connectivity index (χ1v) is 12.9. The van der Waals surface area contributed by atoms with Gasteiger partial charge in [-0.05, 0) is 66.0 Å². The summed E-state index contributed by atoms with van der Waals surface area (Å²) < 4.78 is 29.2. The van der Waals surface area contributed by atoms with Crippen LogP contribution in [0.3, 0.4) is 0 Å². The molecule has 2 aromatic rings. The van der Waals surface area contributed by atoms with Crippen LogP contribution in [0, 0.1) is 6.92 Å². The van der Waals surface area contributed by atoms with Crippen molar-refractivity contribution in [3.05, 3.63) is 52.0 Å². The van der Waals surface area contributed by atoms with Gasteiger partial charge >= 0.3 is 0 Å². The number of rotatable bonds is 4. The largest absolute Gasteiger partial charge is 0.366 e. The van der Waals surface area contributed by atoms with E-state index in [1.165, 1.54) is 5.56 Å². The molecule has 0 N–H and O–H groups in total. The lowest BCUT2D eigenvalue weighted by atomic mass is 10.1. The SMILES string of the molecule is CCC(=O)N1CCc2cc(Br)c(S(=O)(=O)N3CCN(c4ccc(C)cc4)[C@H](C)C3)cc21. The summed E-state index contributed by atoms with van der Waals surface area (Å²) in [5.74, 6) is 0.0183. The molecular weight excluding hydrogens is 478 g/mol. The van der Waals surface area contributed by atoms with Gasteiger partial charge in [0.2, 0.25) is 15.9 Å². The van der Waals surface area contributed by atoms with Gasteiger partial charge < -0.3 is 9.80 Å². The van der Waals surface area contributed by atoms with Crippen LogP contribution in [0.4, 0.5) is 11.4 Å². The van der Waals surface area contributed by atoms with Crippen LogP contribution < -0.4 is 9.80 Å². The van der Waals surface area contributed by atoms with Crippen molar-refractivity contribution in [1.29, 1.82) is 0 Å². The monoisotopic (exact) mass is 505 g/mol. The summed E-state index contributed by atoms with van der Waals surface area (Å²) in [4.78, 5) is 16.5. The first kappa shape index (κ1) is 22.3. The number of carbonyl (C=O) groups excluding carboxylic acids is 1. The molecule has 0 radical (unpaired) electrons. The molecule has 2 aromatic carbocycles. The molecule has 0 spiro atoms. The fourth-order valence-electron chi connectivity index (χ4n) is 4.44. The van der Waals surface area contributed by atoms with Crippen molar-refractivity contribution in [2.75, 3.05) is 36.0 Å². The van der Waals surface area contributed by atoms with Gasteiger partial charge in [0, 0.05) is 54.5 Å². The summed E-state index contributed by atoms with van der Waals surface area (Å²) in [5, 5.41) is 0. The van der Waals surface area contributed by atoms with E-state index in [0.29, 0.717) is 37.1 Å². The standard InChI is InChI=1S/C23H28BrN3O3S/c1-4-23(28)27-10-9-18-13-20(24)22(14-21(18)27)31(29,30)25-11-12-26(17(3)15-25)19-7-5-16(2)6-8-19/h5-8,13-14,17H,4,9-12,15H2,1-3H3/t17-/m1/s1. The lowest BCUT2D eigenvalue weighted by Gasteiger charge is -2.40. The summed E-state index contributed by atoms with van der Waals surface area (Å²) in [7, 11) is -3.69. The lowest BCUT2D eigenvalue weighted by molar-refractivity contribution is -0.118. The van der Waals surface area contributed by atoms with Gasteiger partial charge in [-0.1, -0.05) is 24.6 Å². The number of amides is 1. The Morgan fingerprint density at radius 2 is 1.84 bits per heavy atom. The van der Waals surface area contributed by atoms with Crippen molar-refractivity contribution < 1.29 is 13.2 Å². The van der Waals surface area contributed by atoms with Crippen molar-refractivity contribution in [3.8, 4) is 0 Å². The van der Waals surface area contributed by atoms with Crippen LogP contribution in [0.1, 0.15) is 31.4 Å². The smallest absolute Gasteiger partial charge is 0.244 e. The average molecular weight is 506 g/mol. The van der Waals surface area contributed by atoms with E-state index in [0.717, 1.165) is 23.4 Å². The zero-order valence-electron chi connectivity index (χ0n) is 18.1. The van der Waals surface area contributed by atoms with Crippen molar-refractivity contribution in [3.63, 3.8) is 0 Å². The molecule has 8 heteroatoms. The van der Waals surface area contributed by atoms with E-state index in [4.69, 9.17) is 0 Å². The molecule has 0 bridgehead atoms. The third kappa shape index (κ3) is 4.13. The van der Waals surface area contributed by atoms with Crippen molar-refractivity contribution in [2.45, 2.75) is 44.6 Å². The van der Waals surface area contributed by atoms with Crippen molar-refractivity contribution in [1.82, 2.24) is 4.31 Å². The minimum atomic E-state index is -3.69. The van der Waals surface area contributed by atoms with Crippen molar-refractivity contribution >= 4 is 43.2 Å². The van der Waals surface area contributed by atoms with Gasteiger partial charge in [-0.2, -0.15) is 4.31 Å².